The summed E-state index contributed by atoms with van der Waals surface area (Å²) in [7, 11) is 0. The monoisotopic (exact) mass is 347 g/mol. The Morgan fingerprint density at radius 3 is 2.35 bits per heavy atom. The van der Waals surface area contributed by atoms with E-state index in [1.54, 1.807) is 6.33 Å². The quantitative estimate of drug-likeness (QED) is 0.702. The fourth-order valence-corrected chi connectivity index (χ4v) is 4.38. The highest BCUT2D eigenvalue weighted by molar-refractivity contribution is 5.89. The summed E-state index contributed by atoms with van der Waals surface area (Å²) < 4.78 is 0. The molecule has 132 valence electrons. The summed E-state index contributed by atoms with van der Waals surface area (Å²) in [5, 5.41) is 1.09. The van der Waals surface area contributed by atoms with Crippen LogP contribution in [-0.2, 0) is 0 Å². The molecule has 2 fully saturated rings. The van der Waals surface area contributed by atoms with E-state index in [2.05, 4.69) is 36.7 Å². The molecule has 5 heterocycles. The van der Waals surface area contributed by atoms with Crippen LogP contribution in [0.3, 0.4) is 0 Å². The zero-order chi connectivity index (χ0) is 17.7. The zero-order valence-electron chi connectivity index (χ0n) is 15.0. The van der Waals surface area contributed by atoms with Crippen LogP contribution in [0.1, 0.15) is 11.4 Å². The molecule has 2 aliphatic heterocycles. The molecular formula is C19H21N7. The second-order valence-corrected chi connectivity index (χ2v) is 7.35. The first-order valence-electron chi connectivity index (χ1n) is 9.04. The zero-order valence-corrected chi connectivity index (χ0v) is 15.0. The third kappa shape index (κ3) is 2.46. The van der Waals surface area contributed by atoms with Gasteiger partial charge < -0.3 is 9.80 Å². The Hall–Kier alpha value is -2.83. The highest BCUT2D eigenvalue weighted by Gasteiger charge is 2.41. The van der Waals surface area contributed by atoms with E-state index in [1.165, 1.54) is 0 Å². The summed E-state index contributed by atoms with van der Waals surface area (Å²) >= 11 is 0. The van der Waals surface area contributed by atoms with Crippen molar-refractivity contribution in [2.45, 2.75) is 13.8 Å². The Balaban J connectivity index is 1.40. The molecular weight excluding hydrogens is 326 g/mol. The van der Waals surface area contributed by atoms with Crippen molar-refractivity contribution in [3.63, 3.8) is 0 Å². The topological polar surface area (TPSA) is 70.9 Å². The number of fused-ring (bicyclic) bond motifs is 2. The van der Waals surface area contributed by atoms with Gasteiger partial charge in [0, 0.05) is 61.4 Å². The molecule has 0 amide bonds. The van der Waals surface area contributed by atoms with Gasteiger partial charge in [0.2, 0.25) is 0 Å². The first-order valence-corrected chi connectivity index (χ1v) is 9.04. The van der Waals surface area contributed by atoms with Gasteiger partial charge in [-0.1, -0.05) is 0 Å². The number of aromatic nitrogens is 5. The molecule has 0 aromatic carbocycles. The van der Waals surface area contributed by atoms with E-state index < -0.39 is 0 Å². The van der Waals surface area contributed by atoms with Crippen LogP contribution in [0.2, 0.25) is 0 Å². The number of nitrogens with zero attached hydrogens (tertiary/aromatic N) is 7. The Morgan fingerprint density at radius 2 is 1.62 bits per heavy atom. The molecule has 7 nitrogen and oxygen atoms in total. The molecule has 2 aliphatic rings. The molecule has 0 spiro atoms. The number of anilines is 2. The number of rotatable bonds is 2. The van der Waals surface area contributed by atoms with E-state index in [0.717, 1.165) is 60.1 Å². The minimum atomic E-state index is 0.636. The van der Waals surface area contributed by atoms with Gasteiger partial charge in [-0.2, -0.15) is 0 Å². The minimum absolute atomic E-state index is 0.636. The van der Waals surface area contributed by atoms with Crippen LogP contribution in [-0.4, -0.2) is 51.1 Å². The SMILES string of the molecule is Cc1nc(N2CC3CN(c4ncncc4C)CC3C2)c2ccncc2n1. The number of pyridine rings is 1. The van der Waals surface area contributed by atoms with Crippen LogP contribution < -0.4 is 9.80 Å². The predicted octanol–water partition coefficient (Wildman–Crippen LogP) is 2.00. The van der Waals surface area contributed by atoms with Crippen molar-refractivity contribution in [1.82, 2.24) is 24.9 Å². The molecule has 0 radical (unpaired) electrons. The fraction of sp³-hybridized carbons (Fsp3) is 0.421. The summed E-state index contributed by atoms with van der Waals surface area (Å²) in [4.78, 5) is 26.9. The smallest absolute Gasteiger partial charge is 0.140 e. The maximum atomic E-state index is 4.75. The van der Waals surface area contributed by atoms with E-state index in [0.29, 0.717) is 11.8 Å². The summed E-state index contributed by atoms with van der Waals surface area (Å²) in [5.41, 5.74) is 2.07. The minimum Gasteiger partial charge on any atom is -0.356 e. The molecule has 26 heavy (non-hydrogen) atoms. The van der Waals surface area contributed by atoms with Gasteiger partial charge in [-0.15, -0.1) is 0 Å². The molecule has 5 rings (SSSR count). The summed E-state index contributed by atoms with van der Waals surface area (Å²) in [5.74, 6) is 4.20. The Morgan fingerprint density at radius 1 is 0.885 bits per heavy atom. The third-order valence-corrected chi connectivity index (χ3v) is 5.54. The van der Waals surface area contributed by atoms with Crippen molar-refractivity contribution in [1.29, 1.82) is 0 Å². The van der Waals surface area contributed by atoms with Gasteiger partial charge in [-0.05, 0) is 19.9 Å². The van der Waals surface area contributed by atoms with Crippen LogP contribution in [0.4, 0.5) is 11.6 Å². The fourth-order valence-electron chi connectivity index (χ4n) is 4.38. The summed E-state index contributed by atoms with van der Waals surface area (Å²) in [6.45, 7) is 8.18. The molecule has 3 aromatic heterocycles. The van der Waals surface area contributed by atoms with E-state index in [1.807, 2.05) is 31.6 Å². The van der Waals surface area contributed by atoms with Crippen molar-refractivity contribution in [2.75, 3.05) is 36.0 Å². The molecule has 3 aromatic rings. The van der Waals surface area contributed by atoms with Gasteiger partial charge in [0.1, 0.15) is 23.8 Å². The van der Waals surface area contributed by atoms with Crippen LogP contribution in [0.25, 0.3) is 10.9 Å². The normalized spacial score (nSPS) is 22.2. The van der Waals surface area contributed by atoms with Crippen molar-refractivity contribution in [3.8, 4) is 0 Å². The average molecular weight is 347 g/mol. The van der Waals surface area contributed by atoms with Crippen LogP contribution in [0.15, 0.2) is 31.0 Å². The molecule has 0 aliphatic carbocycles. The molecule has 2 unspecified atom stereocenters. The van der Waals surface area contributed by atoms with Gasteiger partial charge in [0.05, 0.1) is 11.7 Å². The van der Waals surface area contributed by atoms with Crippen LogP contribution >= 0.6 is 0 Å². The third-order valence-electron chi connectivity index (χ3n) is 5.54. The second kappa shape index (κ2) is 5.86. The van der Waals surface area contributed by atoms with E-state index in [4.69, 9.17) is 4.98 Å². The summed E-state index contributed by atoms with van der Waals surface area (Å²) in [6, 6.07) is 2.02. The van der Waals surface area contributed by atoms with Crippen LogP contribution in [0.5, 0.6) is 0 Å². The highest BCUT2D eigenvalue weighted by atomic mass is 15.3. The Bertz CT molecular complexity index is 959. The molecule has 0 N–H and O–H groups in total. The largest absolute Gasteiger partial charge is 0.356 e. The standard InChI is InChI=1S/C19H21N7/c1-12-5-21-11-22-18(12)25-7-14-9-26(10-15(14)8-25)19-16-3-4-20-6-17(16)23-13(2)24-19/h3-6,11,14-15H,7-10H2,1-2H3. The molecule has 7 heteroatoms. The molecule has 0 saturated carbocycles. The number of aryl methyl sites for hydroxylation is 2. The van der Waals surface area contributed by atoms with Gasteiger partial charge in [-0.3, -0.25) is 4.98 Å². The van der Waals surface area contributed by atoms with Crippen LogP contribution in [0, 0.1) is 25.7 Å². The lowest BCUT2D eigenvalue weighted by atomic mass is 10.0. The first-order chi connectivity index (χ1) is 12.7. The Labute approximate surface area is 152 Å². The lowest BCUT2D eigenvalue weighted by Crippen LogP contribution is -2.30. The van der Waals surface area contributed by atoms with Crippen molar-refractivity contribution < 1.29 is 0 Å². The van der Waals surface area contributed by atoms with E-state index in [-0.39, 0.29) is 0 Å². The lowest BCUT2D eigenvalue weighted by Gasteiger charge is -2.24. The first kappa shape index (κ1) is 15.4. The van der Waals surface area contributed by atoms with Gasteiger partial charge >= 0.3 is 0 Å². The van der Waals surface area contributed by atoms with Crippen molar-refractivity contribution >= 4 is 22.5 Å². The number of hydrogen-bond acceptors (Lipinski definition) is 7. The predicted molar refractivity (Wildman–Crippen MR) is 100 cm³/mol. The van der Waals surface area contributed by atoms with E-state index >= 15 is 0 Å². The van der Waals surface area contributed by atoms with Crippen molar-refractivity contribution in [3.05, 3.63) is 42.4 Å². The maximum absolute atomic E-state index is 4.75. The summed E-state index contributed by atoms with van der Waals surface area (Å²) in [6.07, 6.45) is 7.18. The molecule has 0 bridgehead atoms. The van der Waals surface area contributed by atoms with Gasteiger partial charge in [-0.25, -0.2) is 19.9 Å². The second-order valence-electron chi connectivity index (χ2n) is 7.35. The van der Waals surface area contributed by atoms with Gasteiger partial charge in [0.25, 0.3) is 0 Å². The van der Waals surface area contributed by atoms with E-state index in [9.17, 15) is 0 Å². The maximum Gasteiger partial charge on any atom is 0.140 e. The van der Waals surface area contributed by atoms with Gasteiger partial charge in [0.15, 0.2) is 0 Å². The van der Waals surface area contributed by atoms with Crippen molar-refractivity contribution in [2.24, 2.45) is 11.8 Å². The number of hydrogen-bond donors (Lipinski definition) is 0. The average Bonchev–Trinajstić information content (AvgIpc) is 3.20. The molecule has 2 atom stereocenters. The molecule has 2 saturated heterocycles. The highest BCUT2D eigenvalue weighted by Crippen LogP contribution is 2.37. The lowest BCUT2D eigenvalue weighted by molar-refractivity contribution is 0.533. The Kier molecular flexibility index (Phi) is 3.48.